The van der Waals surface area contributed by atoms with E-state index in [1.54, 1.807) is 14.2 Å². The normalized spacial score (nSPS) is 22.4. The molecule has 1 aliphatic rings. The maximum atomic E-state index is 11.9. The summed E-state index contributed by atoms with van der Waals surface area (Å²) in [5, 5.41) is 0.995. The van der Waals surface area contributed by atoms with Crippen molar-refractivity contribution in [1.29, 1.82) is 0 Å². The highest BCUT2D eigenvalue weighted by molar-refractivity contribution is 7.91. The molecule has 1 aliphatic heterocycles. The van der Waals surface area contributed by atoms with Crippen molar-refractivity contribution in [1.82, 2.24) is 9.88 Å². The summed E-state index contributed by atoms with van der Waals surface area (Å²) in [6.07, 6.45) is 0.645. The van der Waals surface area contributed by atoms with E-state index in [-0.39, 0.29) is 17.0 Å². The minimum absolute atomic E-state index is 0.191. The van der Waals surface area contributed by atoms with E-state index in [1.165, 1.54) is 0 Å². The Hall–Kier alpha value is -1.86. The largest absolute Gasteiger partial charge is 0.497 e. The van der Waals surface area contributed by atoms with E-state index in [0.717, 1.165) is 22.2 Å². The van der Waals surface area contributed by atoms with E-state index in [1.807, 2.05) is 38.2 Å². The molecule has 25 heavy (non-hydrogen) atoms. The Morgan fingerprint density at radius 3 is 2.60 bits per heavy atom. The monoisotopic (exact) mass is 364 g/mol. The zero-order valence-electron chi connectivity index (χ0n) is 15.1. The quantitative estimate of drug-likeness (QED) is 0.811. The van der Waals surface area contributed by atoms with Crippen LogP contribution in [-0.4, -0.2) is 56.6 Å². The average Bonchev–Trinajstić information content (AvgIpc) is 2.88. The molecule has 0 aliphatic carbocycles. The van der Waals surface area contributed by atoms with Crippen LogP contribution >= 0.6 is 0 Å². The van der Waals surface area contributed by atoms with Gasteiger partial charge in [-0.3, -0.25) is 4.90 Å². The number of rotatable bonds is 5. The van der Waals surface area contributed by atoms with Crippen LogP contribution in [0.5, 0.6) is 11.6 Å². The van der Waals surface area contributed by atoms with Crippen LogP contribution in [0.1, 0.15) is 18.9 Å². The van der Waals surface area contributed by atoms with E-state index in [4.69, 9.17) is 9.47 Å². The van der Waals surface area contributed by atoms with Gasteiger partial charge >= 0.3 is 0 Å². The van der Waals surface area contributed by atoms with E-state index in [0.29, 0.717) is 18.8 Å². The summed E-state index contributed by atoms with van der Waals surface area (Å²) in [4.78, 5) is 6.68. The summed E-state index contributed by atoms with van der Waals surface area (Å²) in [5.74, 6) is 1.74. The fourth-order valence-electron chi connectivity index (χ4n) is 3.33. The first kappa shape index (κ1) is 17.9. The molecule has 0 N–H and O–H groups in total. The summed E-state index contributed by atoms with van der Waals surface area (Å²) in [5.41, 5.74) is 1.38. The molecule has 1 saturated heterocycles. The number of nitrogens with zero attached hydrogens (tertiary/aromatic N) is 2. The second kappa shape index (κ2) is 6.46. The molecule has 7 heteroatoms. The molecule has 1 aromatic carbocycles. The van der Waals surface area contributed by atoms with E-state index in [2.05, 4.69) is 9.88 Å². The molecule has 1 atom stereocenters. The molecule has 3 rings (SSSR count). The van der Waals surface area contributed by atoms with E-state index >= 15 is 0 Å². The van der Waals surface area contributed by atoms with Gasteiger partial charge in [-0.2, -0.15) is 0 Å². The molecule has 2 heterocycles. The number of aromatic nitrogens is 1. The molecule has 0 radical (unpaired) electrons. The smallest absolute Gasteiger partial charge is 0.218 e. The van der Waals surface area contributed by atoms with Gasteiger partial charge in [-0.25, -0.2) is 13.4 Å². The average molecular weight is 364 g/mol. The first-order valence-electron chi connectivity index (χ1n) is 8.20. The predicted molar refractivity (Wildman–Crippen MR) is 98.0 cm³/mol. The van der Waals surface area contributed by atoms with Crippen LogP contribution in [0.4, 0.5) is 0 Å². The molecule has 1 aromatic heterocycles. The highest BCUT2D eigenvalue weighted by atomic mass is 32.2. The summed E-state index contributed by atoms with van der Waals surface area (Å²) in [7, 11) is 2.23. The number of sulfone groups is 1. The van der Waals surface area contributed by atoms with Gasteiger partial charge in [-0.05, 0) is 38.6 Å². The number of ether oxygens (including phenoxy) is 2. The maximum absolute atomic E-state index is 11.9. The number of fused-ring (bicyclic) bond motifs is 1. The van der Waals surface area contributed by atoms with Gasteiger partial charge in [0.15, 0.2) is 9.84 Å². The van der Waals surface area contributed by atoms with Crippen molar-refractivity contribution in [3.8, 4) is 11.6 Å². The Morgan fingerprint density at radius 1 is 1.24 bits per heavy atom. The Kier molecular flexibility index (Phi) is 4.64. The van der Waals surface area contributed by atoms with Crippen LogP contribution in [0.15, 0.2) is 24.3 Å². The molecule has 1 fully saturated rings. The number of methoxy groups -OCH3 is 2. The molecule has 0 unspecified atom stereocenters. The molecule has 2 aromatic rings. The first-order chi connectivity index (χ1) is 11.8. The van der Waals surface area contributed by atoms with E-state index < -0.39 is 9.84 Å². The topological polar surface area (TPSA) is 68.7 Å². The van der Waals surface area contributed by atoms with Crippen LogP contribution < -0.4 is 9.47 Å². The van der Waals surface area contributed by atoms with Gasteiger partial charge in [0.1, 0.15) is 5.75 Å². The van der Waals surface area contributed by atoms with Crippen LogP contribution in [-0.2, 0) is 16.4 Å². The number of pyridine rings is 1. The Labute approximate surface area is 148 Å². The first-order valence-corrected chi connectivity index (χ1v) is 10.0. The van der Waals surface area contributed by atoms with Gasteiger partial charge in [0.25, 0.3) is 0 Å². The fourth-order valence-corrected chi connectivity index (χ4v) is 5.54. The lowest BCUT2D eigenvalue weighted by atomic mass is 9.99. The van der Waals surface area contributed by atoms with Crippen LogP contribution in [0.3, 0.4) is 0 Å². The molecular formula is C18H24N2O4S. The highest BCUT2D eigenvalue weighted by Crippen LogP contribution is 2.32. The number of hydrogen-bond acceptors (Lipinski definition) is 6. The Balaban J connectivity index is 1.92. The van der Waals surface area contributed by atoms with Gasteiger partial charge in [-0.15, -0.1) is 0 Å². The summed E-state index contributed by atoms with van der Waals surface area (Å²) in [6.45, 7) is 2.58. The van der Waals surface area contributed by atoms with Crippen molar-refractivity contribution in [2.75, 3.05) is 32.8 Å². The molecule has 6 nitrogen and oxygen atoms in total. The fraction of sp³-hybridized carbons (Fsp3) is 0.500. The van der Waals surface area contributed by atoms with Crippen LogP contribution in [0, 0.1) is 0 Å². The van der Waals surface area contributed by atoms with Crippen molar-refractivity contribution < 1.29 is 17.9 Å². The maximum Gasteiger partial charge on any atom is 0.218 e. The number of hydrogen-bond donors (Lipinski definition) is 0. The lowest BCUT2D eigenvalue weighted by Crippen LogP contribution is -2.44. The third kappa shape index (κ3) is 3.57. The van der Waals surface area contributed by atoms with Crippen molar-refractivity contribution in [3.63, 3.8) is 0 Å². The third-order valence-electron chi connectivity index (χ3n) is 5.07. The van der Waals surface area contributed by atoms with E-state index in [9.17, 15) is 8.42 Å². The third-order valence-corrected chi connectivity index (χ3v) is 6.96. The van der Waals surface area contributed by atoms with Gasteiger partial charge in [0.2, 0.25) is 5.88 Å². The van der Waals surface area contributed by atoms with Crippen molar-refractivity contribution in [2.45, 2.75) is 25.4 Å². The summed E-state index contributed by atoms with van der Waals surface area (Å²) in [6, 6.07) is 7.78. The van der Waals surface area contributed by atoms with Crippen molar-refractivity contribution >= 4 is 20.7 Å². The highest BCUT2D eigenvalue weighted by Gasteiger charge is 2.41. The minimum Gasteiger partial charge on any atom is -0.497 e. The van der Waals surface area contributed by atoms with Crippen LogP contribution in [0.2, 0.25) is 0 Å². The molecule has 136 valence electrons. The van der Waals surface area contributed by atoms with Crippen LogP contribution in [0.25, 0.3) is 10.9 Å². The molecule has 0 spiro atoms. The zero-order valence-corrected chi connectivity index (χ0v) is 15.9. The molecule has 0 amide bonds. The minimum atomic E-state index is -2.95. The SMILES string of the molecule is COc1ccc2cc(CN(C)[C@]3(C)CCS(=O)(=O)C3)c(OC)nc2c1. The van der Waals surface area contributed by atoms with Gasteiger partial charge in [0.05, 0.1) is 31.2 Å². The lowest BCUT2D eigenvalue weighted by molar-refractivity contribution is 0.152. The van der Waals surface area contributed by atoms with Gasteiger partial charge < -0.3 is 9.47 Å². The summed E-state index contributed by atoms with van der Waals surface area (Å²) < 4.78 is 34.5. The Morgan fingerprint density at radius 2 is 2.00 bits per heavy atom. The predicted octanol–water partition coefficient (Wildman–Crippen LogP) is 2.26. The molecular weight excluding hydrogens is 340 g/mol. The molecule has 0 bridgehead atoms. The van der Waals surface area contributed by atoms with Gasteiger partial charge in [-0.1, -0.05) is 0 Å². The summed E-state index contributed by atoms with van der Waals surface area (Å²) >= 11 is 0. The standard InChI is InChI=1S/C18H24N2O4S/c1-18(7-8-25(21,22)12-18)20(2)11-14-9-13-5-6-15(23-3)10-16(13)19-17(14)24-4/h5-6,9-10H,7-8,11-12H2,1-4H3/t18-/m1/s1. The van der Waals surface area contributed by atoms with Gasteiger partial charge in [0, 0.05) is 29.1 Å². The Bertz CT molecular complexity index is 897. The number of benzene rings is 1. The van der Waals surface area contributed by atoms with Crippen molar-refractivity contribution in [2.24, 2.45) is 0 Å². The molecule has 0 saturated carbocycles. The zero-order chi connectivity index (χ0) is 18.2. The lowest BCUT2D eigenvalue weighted by Gasteiger charge is -2.34. The second-order valence-electron chi connectivity index (χ2n) is 6.91. The van der Waals surface area contributed by atoms with Crippen molar-refractivity contribution in [3.05, 3.63) is 29.8 Å². The second-order valence-corrected chi connectivity index (χ2v) is 9.09.